The quantitative estimate of drug-likeness (QED) is 0.595. The van der Waals surface area contributed by atoms with Gasteiger partial charge in [0, 0.05) is 12.6 Å². The molecule has 1 aliphatic heterocycles. The number of aromatic nitrogens is 2. The molecule has 1 aliphatic rings. The van der Waals surface area contributed by atoms with Crippen molar-refractivity contribution >= 4 is 23.5 Å². The normalized spacial score (nSPS) is 20.0. The van der Waals surface area contributed by atoms with Gasteiger partial charge in [-0.3, -0.25) is 4.79 Å². The second-order valence-electron chi connectivity index (χ2n) is 3.76. The standard InChI is InChI=1S/C9H14N6O/c10-6-4-7(14-9(12)13-6)15-3-1-2-5(15)8(11)16/h4-5H,1-3H2,(H2,11,16)(H4,10,12,13,14). The van der Waals surface area contributed by atoms with Gasteiger partial charge in [0.05, 0.1) is 0 Å². The van der Waals surface area contributed by atoms with Crippen LogP contribution in [0, 0.1) is 0 Å². The maximum absolute atomic E-state index is 11.2. The molecule has 6 N–H and O–H groups in total. The molecule has 1 atom stereocenters. The Morgan fingerprint density at radius 1 is 1.44 bits per heavy atom. The van der Waals surface area contributed by atoms with Gasteiger partial charge in [0.25, 0.3) is 0 Å². The van der Waals surface area contributed by atoms with Crippen molar-refractivity contribution in [3.8, 4) is 0 Å². The summed E-state index contributed by atoms with van der Waals surface area (Å²) in [6, 6.07) is 1.27. The third-order valence-electron chi connectivity index (χ3n) is 2.63. The van der Waals surface area contributed by atoms with Gasteiger partial charge in [-0.25, -0.2) is 0 Å². The molecular formula is C9H14N6O. The zero-order chi connectivity index (χ0) is 11.7. The topological polar surface area (TPSA) is 124 Å². The molecule has 0 saturated carbocycles. The molecule has 86 valence electrons. The van der Waals surface area contributed by atoms with E-state index in [1.54, 1.807) is 6.07 Å². The molecule has 0 radical (unpaired) electrons. The second kappa shape index (κ2) is 3.84. The lowest BCUT2D eigenvalue weighted by Crippen LogP contribution is -2.40. The number of rotatable bonds is 2. The van der Waals surface area contributed by atoms with Gasteiger partial charge >= 0.3 is 0 Å². The van der Waals surface area contributed by atoms with Crippen molar-refractivity contribution in [3.05, 3.63) is 6.07 Å². The molecule has 7 heteroatoms. The molecule has 16 heavy (non-hydrogen) atoms. The highest BCUT2D eigenvalue weighted by atomic mass is 16.1. The summed E-state index contributed by atoms with van der Waals surface area (Å²) in [5.41, 5.74) is 16.4. The summed E-state index contributed by atoms with van der Waals surface area (Å²) in [5, 5.41) is 0. The Bertz CT molecular complexity index is 400. The Labute approximate surface area is 92.6 Å². The van der Waals surface area contributed by atoms with E-state index in [4.69, 9.17) is 17.2 Å². The summed E-state index contributed by atoms with van der Waals surface area (Å²) in [6.07, 6.45) is 1.64. The summed E-state index contributed by atoms with van der Waals surface area (Å²) < 4.78 is 0. The maximum atomic E-state index is 11.2. The van der Waals surface area contributed by atoms with Gasteiger partial charge in [0.1, 0.15) is 17.7 Å². The van der Waals surface area contributed by atoms with Crippen molar-refractivity contribution in [2.75, 3.05) is 22.9 Å². The predicted molar refractivity (Wildman–Crippen MR) is 60.4 cm³/mol. The van der Waals surface area contributed by atoms with E-state index >= 15 is 0 Å². The fourth-order valence-corrected chi connectivity index (χ4v) is 1.96. The van der Waals surface area contributed by atoms with E-state index in [0.717, 1.165) is 19.4 Å². The van der Waals surface area contributed by atoms with Crippen molar-refractivity contribution in [2.45, 2.75) is 18.9 Å². The van der Waals surface area contributed by atoms with Gasteiger partial charge in [-0.05, 0) is 12.8 Å². The molecule has 1 saturated heterocycles. The van der Waals surface area contributed by atoms with Crippen LogP contribution >= 0.6 is 0 Å². The van der Waals surface area contributed by atoms with Gasteiger partial charge in [0.2, 0.25) is 11.9 Å². The van der Waals surface area contributed by atoms with E-state index in [-0.39, 0.29) is 23.7 Å². The van der Waals surface area contributed by atoms with Crippen LogP contribution in [-0.4, -0.2) is 28.5 Å². The fraction of sp³-hybridized carbons (Fsp3) is 0.444. The lowest BCUT2D eigenvalue weighted by molar-refractivity contribution is -0.119. The average molecular weight is 222 g/mol. The number of carbonyl (C=O) groups is 1. The smallest absolute Gasteiger partial charge is 0.240 e. The molecule has 0 aliphatic carbocycles. The highest BCUT2D eigenvalue weighted by Gasteiger charge is 2.30. The summed E-state index contributed by atoms with van der Waals surface area (Å²) in [7, 11) is 0. The molecule has 0 spiro atoms. The van der Waals surface area contributed by atoms with E-state index < -0.39 is 0 Å². The Hall–Kier alpha value is -2.05. The van der Waals surface area contributed by atoms with Gasteiger partial charge in [-0.1, -0.05) is 0 Å². The Kier molecular flexibility index (Phi) is 2.51. The molecule has 1 aromatic heterocycles. The lowest BCUT2D eigenvalue weighted by Gasteiger charge is -2.23. The first-order chi connectivity index (χ1) is 7.58. The zero-order valence-corrected chi connectivity index (χ0v) is 8.76. The van der Waals surface area contributed by atoms with Crippen LogP contribution < -0.4 is 22.1 Å². The zero-order valence-electron chi connectivity index (χ0n) is 8.76. The van der Waals surface area contributed by atoms with Gasteiger partial charge in [-0.2, -0.15) is 9.97 Å². The number of hydrogen-bond acceptors (Lipinski definition) is 6. The third-order valence-corrected chi connectivity index (χ3v) is 2.63. The molecule has 0 bridgehead atoms. The van der Waals surface area contributed by atoms with Gasteiger partial charge in [-0.15, -0.1) is 0 Å². The fourth-order valence-electron chi connectivity index (χ4n) is 1.96. The van der Waals surface area contributed by atoms with E-state index in [1.807, 2.05) is 4.90 Å². The van der Waals surface area contributed by atoms with Crippen molar-refractivity contribution in [1.29, 1.82) is 0 Å². The molecule has 2 rings (SSSR count). The SMILES string of the molecule is NC(=O)C1CCCN1c1cc(N)nc(N)n1. The Morgan fingerprint density at radius 3 is 2.81 bits per heavy atom. The third kappa shape index (κ3) is 1.83. The average Bonchev–Trinajstić information content (AvgIpc) is 2.63. The van der Waals surface area contributed by atoms with Crippen LogP contribution in [0.5, 0.6) is 0 Å². The molecule has 1 amide bonds. The van der Waals surface area contributed by atoms with Crippen LogP contribution in [0.2, 0.25) is 0 Å². The monoisotopic (exact) mass is 222 g/mol. The van der Waals surface area contributed by atoms with E-state index in [2.05, 4.69) is 9.97 Å². The number of nitrogen functional groups attached to an aromatic ring is 2. The molecular weight excluding hydrogens is 208 g/mol. The molecule has 1 aromatic rings. The summed E-state index contributed by atoms with van der Waals surface area (Å²) in [5.74, 6) is 0.599. The lowest BCUT2D eigenvalue weighted by atomic mass is 10.2. The first-order valence-corrected chi connectivity index (χ1v) is 5.04. The highest BCUT2D eigenvalue weighted by Crippen LogP contribution is 2.25. The molecule has 7 nitrogen and oxygen atoms in total. The first-order valence-electron chi connectivity index (χ1n) is 5.04. The molecule has 1 fully saturated rings. The summed E-state index contributed by atoms with van der Waals surface area (Å²) in [6.45, 7) is 0.726. The number of primary amides is 1. The highest BCUT2D eigenvalue weighted by molar-refractivity contribution is 5.84. The van der Waals surface area contributed by atoms with Crippen molar-refractivity contribution < 1.29 is 4.79 Å². The van der Waals surface area contributed by atoms with Gasteiger partial charge in [0.15, 0.2) is 0 Å². The Morgan fingerprint density at radius 2 is 2.19 bits per heavy atom. The molecule has 2 heterocycles. The largest absolute Gasteiger partial charge is 0.383 e. The second-order valence-corrected chi connectivity index (χ2v) is 3.76. The van der Waals surface area contributed by atoms with Crippen LogP contribution in [0.25, 0.3) is 0 Å². The number of amides is 1. The minimum Gasteiger partial charge on any atom is -0.383 e. The number of nitrogens with two attached hydrogens (primary N) is 3. The van der Waals surface area contributed by atoms with Gasteiger partial charge < -0.3 is 22.1 Å². The summed E-state index contributed by atoms with van der Waals surface area (Å²) >= 11 is 0. The number of carbonyl (C=O) groups excluding carboxylic acids is 1. The van der Waals surface area contributed by atoms with Crippen LogP contribution in [0.3, 0.4) is 0 Å². The minimum atomic E-state index is -0.353. The van der Waals surface area contributed by atoms with Crippen molar-refractivity contribution in [1.82, 2.24) is 9.97 Å². The number of nitrogens with zero attached hydrogens (tertiary/aromatic N) is 3. The van der Waals surface area contributed by atoms with Crippen LogP contribution in [0.4, 0.5) is 17.6 Å². The van der Waals surface area contributed by atoms with Crippen molar-refractivity contribution in [3.63, 3.8) is 0 Å². The van der Waals surface area contributed by atoms with Crippen molar-refractivity contribution in [2.24, 2.45) is 5.73 Å². The van der Waals surface area contributed by atoms with E-state index in [9.17, 15) is 4.79 Å². The van der Waals surface area contributed by atoms with Crippen LogP contribution in [-0.2, 0) is 4.79 Å². The molecule has 0 aromatic carbocycles. The molecule has 1 unspecified atom stereocenters. The Balaban J connectivity index is 2.32. The van der Waals surface area contributed by atoms with E-state index in [1.165, 1.54) is 0 Å². The van der Waals surface area contributed by atoms with Crippen LogP contribution in [0.1, 0.15) is 12.8 Å². The minimum absolute atomic E-state index is 0.102. The number of hydrogen-bond donors (Lipinski definition) is 3. The number of anilines is 3. The van der Waals surface area contributed by atoms with E-state index in [0.29, 0.717) is 5.82 Å². The predicted octanol–water partition coefficient (Wildman–Crippen LogP) is -0.905. The van der Waals surface area contributed by atoms with Crippen LogP contribution in [0.15, 0.2) is 6.07 Å². The summed E-state index contributed by atoms with van der Waals surface area (Å²) in [4.78, 5) is 20.9. The first kappa shape index (κ1) is 10.5. The maximum Gasteiger partial charge on any atom is 0.240 e.